The van der Waals surface area contributed by atoms with Gasteiger partial charge in [-0.3, -0.25) is 19.3 Å². The van der Waals surface area contributed by atoms with E-state index < -0.39 is 5.66 Å². The van der Waals surface area contributed by atoms with Crippen molar-refractivity contribution in [1.82, 2.24) is 14.8 Å². The van der Waals surface area contributed by atoms with Crippen molar-refractivity contribution in [3.63, 3.8) is 0 Å². The molecule has 8 heteroatoms. The van der Waals surface area contributed by atoms with Gasteiger partial charge in [0.25, 0.3) is 5.91 Å². The number of amides is 3. The minimum Gasteiger partial charge on any atom is -0.358 e. The fourth-order valence-electron chi connectivity index (χ4n) is 5.99. The number of nitrogens with one attached hydrogen (secondary N) is 1. The number of carbonyl (C=O) groups excluding carboxylic acids is 3. The quantitative estimate of drug-likeness (QED) is 0.585. The van der Waals surface area contributed by atoms with Gasteiger partial charge in [-0.1, -0.05) is 23.7 Å². The molecule has 6 rings (SSSR count). The summed E-state index contributed by atoms with van der Waals surface area (Å²) in [4.78, 5) is 48.2. The van der Waals surface area contributed by atoms with Crippen molar-refractivity contribution in [1.29, 1.82) is 0 Å². The maximum absolute atomic E-state index is 13.4. The van der Waals surface area contributed by atoms with Gasteiger partial charge >= 0.3 is 0 Å². The monoisotopic (exact) mass is 490 g/mol. The Morgan fingerprint density at radius 1 is 1.14 bits per heavy atom. The largest absolute Gasteiger partial charge is 0.358 e. The summed E-state index contributed by atoms with van der Waals surface area (Å²) in [6.07, 6.45) is 2.70. The number of rotatable bonds is 4. The second-order valence-electron chi connectivity index (χ2n) is 9.86. The highest BCUT2D eigenvalue weighted by Crippen LogP contribution is 2.44. The third-order valence-corrected chi connectivity index (χ3v) is 8.04. The van der Waals surface area contributed by atoms with Crippen molar-refractivity contribution in [2.45, 2.75) is 51.2 Å². The molecule has 1 saturated heterocycles. The number of para-hydroxylation sites is 1. The fraction of sp³-hybridized carbons (Fsp3) is 0.370. The van der Waals surface area contributed by atoms with Crippen LogP contribution >= 0.6 is 11.6 Å². The van der Waals surface area contributed by atoms with E-state index in [1.807, 2.05) is 48.2 Å². The number of carbonyl (C=O) groups is 3. The fourth-order valence-corrected chi connectivity index (χ4v) is 6.16. The van der Waals surface area contributed by atoms with E-state index in [-0.39, 0.29) is 17.7 Å². The Morgan fingerprint density at radius 3 is 2.83 bits per heavy atom. The van der Waals surface area contributed by atoms with Crippen LogP contribution in [0.5, 0.6) is 0 Å². The Balaban J connectivity index is 1.16. The standard InChI is InChI=1S/C27H27ClN4O3/c1-27-12-10-25(34)32(27)23-6-3-2-5-18(23)26(35)31(27)13-4-7-24(33)30-14-11-22-20(16-30)19-15-17(28)8-9-21(19)29-22/h2-3,5-6,8-9,15,29H,4,7,10-14,16H2,1H3. The van der Waals surface area contributed by atoms with Crippen molar-refractivity contribution in [2.24, 2.45) is 0 Å². The zero-order valence-electron chi connectivity index (χ0n) is 19.6. The van der Waals surface area contributed by atoms with Crippen LogP contribution in [-0.2, 0) is 22.6 Å². The molecule has 0 aliphatic carbocycles. The molecule has 1 atom stereocenters. The molecule has 3 aromatic rings. The van der Waals surface area contributed by atoms with Gasteiger partial charge in [-0.05, 0) is 50.1 Å². The summed E-state index contributed by atoms with van der Waals surface area (Å²) < 4.78 is 0. The molecule has 3 amide bonds. The number of hydrogen-bond acceptors (Lipinski definition) is 3. The first-order valence-electron chi connectivity index (χ1n) is 12.2. The summed E-state index contributed by atoms with van der Waals surface area (Å²) in [6, 6.07) is 13.1. The van der Waals surface area contributed by atoms with Crippen molar-refractivity contribution in [3.05, 3.63) is 64.3 Å². The average molecular weight is 491 g/mol. The smallest absolute Gasteiger partial charge is 0.257 e. The van der Waals surface area contributed by atoms with Crippen molar-refractivity contribution >= 4 is 45.9 Å². The highest BCUT2D eigenvalue weighted by atomic mass is 35.5. The summed E-state index contributed by atoms with van der Waals surface area (Å²) >= 11 is 6.21. The van der Waals surface area contributed by atoms with Gasteiger partial charge in [-0.25, -0.2) is 0 Å². The number of fused-ring (bicyclic) bond motifs is 6. The molecular weight excluding hydrogens is 464 g/mol. The molecule has 0 saturated carbocycles. The third kappa shape index (κ3) is 3.44. The molecule has 1 fully saturated rings. The Labute approximate surface area is 208 Å². The molecule has 35 heavy (non-hydrogen) atoms. The lowest BCUT2D eigenvalue weighted by Crippen LogP contribution is -2.62. The summed E-state index contributed by atoms with van der Waals surface area (Å²) in [6.45, 7) is 3.62. The SMILES string of the molecule is CC12CCC(=O)N1c1ccccc1C(=O)N2CCCC(=O)N1CCc2[nH]c3ccc(Cl)cc3c2C1. The minimum absolute atomic E-state index is 0.0384. The number of benzene rings is 2. The van der Waals surface area contributed by atoms with Gasteiger partial charge in [-0.2, -0.15) is 0 Å². The van der Waals surface area contributed by atoms with Crippen molar-refractivity contribution in [2.75, 3.05) is 18.0 Å². The van der Waals surface area contributed by atoms with Gasteiger partial charge < -0.3 is 14.8 Å². The normalized spacial score (nSPS) is 21.4. The van der Waals surface area contributed by atoms with Gasteiger partial charge in [0.1, 0.15) is 5.66 Å². The second-order valence-corrected chi connectivity index (χ2v) is 10.3. The predicted octanol–water partition coefficient (Wildman–Crippen LogP) is 4.49. The molecule has 180 valence electrons. The van der Waals surface area contributed by atoms with E-state index in [9.17, 15) is 14.4 Å². The predicted molar refractivity (Wildman–Crippen MR) is 134 cm³/mol. The molecule has 0 bridgehead atoms. The minimum atomic E-state index is -0.686. The molecule has 1 unspecified atom stereocenters. The lowest BCUT2D eigenvalue weighted by molar-refractivity contribution is -0.132. The van der Waals surface area contributed by atoms with Crippen LogP contribution in [-0.4, -0.2) is 51.3 Å². The van der Waals surface area contributed by atoms with Crippen LogP contribution in [0.1, 0.15) is 54.2 Å². The van der Waals surface area contributed by atoms with Crippen LogP contribution in [0.25, 0.3) is 10.9 Å². The van der Waals surface area contributed by atoms with Gasteiger partial charge in [0, 0.05) is 66.1 Å². The van der Waals surface area contributed by atoms with Crippen LogP contribution in [0.4, 0.5) is 5.69 Å². The zero-order valence-corrected chi connectivity index (χ0v) is 20.4. The van der Waals surface area contributed by atoms with E-state index in [0.29, 0.717) is 61.6 Å². The van der Waals surface area contributed by atoms with Gasteiger partial charge in [-0.15, -0.1) is 0 Å². The second kappa shape index (κ2) is 8.12. The lowest BCUT2D eigenvalue weighted by Gasteiger charge is -2.48. The first-order valence-corrected chi connectivity index (χ1v) is 12.6. The van der Waals surface area contributed by atoms with E-state index in [4.69, 9.17) is 11.6 Å². The van der Waals surface area contributed by atoms with E-state index >= 15 is 0 Å². The molecule has 0 spiro atoms. The highest BCUT2D eigenvalue weighted by molar-refractivity contribution is 6.31. The Morgan fingerprint density at radius 2 is 1.97 bits per heavy atom. The summed E-state index contributed by atoms with van der Waals surface area (Å²) in [5.41, 5.74) is 3.90. The molecule has 3 aliphatic heterocycles. The molecule has 1 aromatic heterocycles. The van der Waals surface area contributed by atoms with E-state index in [0.717, 1.165) is 22.9 Å². The lowest BCUT2D eigenvalue weighted by atomic mass is 9.97. The van der Waals surface area contributed by atoms with Gasteiger partial charge in [0.05, 0.1) is 11.3 Å². The molecular formula is C27H27ClN4O3. The van der Waals surface area contributed by atoms with Crippen LogP contribution in [0.2, 0.25) is 5.02 Å². The van der Waals surface area contributed by atoms with Crippen LogP contribution < -0.4 is 4.90 Å². The average Bonchev–Trinajstić information content (AvgIpc) is 3.37. The van der Waals surface area contributed by atoms with Gasteiger partial charge in [0.15, 0.2) is 0 Å². The number of anilines is 1. The number of halogens is 1. The first-order chi connectivity index (χ1) is 16.9. The summed E-state index contributed by atoms with van der Waals surface area (Å²) in [5, 5.41) is 1.75. The third-order valence-electron chi connectivity index (χ3n) is 7.81. The van der Waals surface area contributed by atoms with Crippen LogP contribution in [0.3, 0.4) is 0 Å². The van der Waals surface area contributed by atoms with E-state index in [1.165, 1.54) is 5.69 Å². The molecule has 0 radical (unpaired) electrons. The number of H-pyrrole nitrogens is 1. The number of aromatic amines is 1. The van der Waals surface area contributed by atoms with E-state index in [1.54, 1.807) is 15.9 Å². The number of hydrogen-bond donors (Lipinski definition) is 1. The van der Waals surface area contributed by atoms with Crippen molar-refractivity contribution < 1.29 is 14.4 Å². The molecule has 7 nitrogen and oxygen atoms in total. The Kier molecular flexibility index (Phi) is 5.14. The maximum atomic E-state index is 13.4. The number of nitrogens with zero attached hydrogens (tertiary/aromatic N) is 3. The van der Waals surface area contributed by atoms with E-state index in [2.05, 4.69) is 4.98 Å². The summed E-state index contributed by atoms with van der Waals surface area (Å²) in [5.74, 6) is 0.0534. The topological polar surface area (TPSA) is 76.7 Å². The molecule has 4 heterocycles. The molecule has 1 N–H and O–H groups in total. The number of aromatic nitrogens is 1. The van der Waals surface area contributed by atoms with Crippen LogP contribution in [0, 0.1) is 0 Å². The highest BCUT2D eigenvalue weighted by Gasteiger charge is 2.52. The molecule has 2 aromatic carbocycles. The maximum Gasteiger partial charge on any atom is 0.257 e. The molecule has 3 aliphatic rings. The Bertz CT molecular complexity index is 1380. The summed E-state index contributed by atoms with van der Waals surface area (Å²) in [7, 11) is 0. The zero-order chi connectivity index (χ0) is 24.3. The van der Waals surface area contributed by atoms with Gasteiger partial charge in [0.2, 0.25) is 11.8 Å². The Hall–Kier alpha value is -3.32. The van der Waals surface area contributed by atoms with Crippen molar-refractivity contribution in [3.8, 4) is 0 Å². The van der Waals surface area contributed by atoms with Crippen LogP contribution in [0.15, 0.2) is 42.5 Å². The first kappa shape index (κ1) is 22.2.